The highest BCUT2D eigenvalue weighted by Crippen LogP contribution is 2.25. The predicted octanol–water partition coefficient (Wildman–Crippen LogP) is 2.94. The zero-order chi connectivity index (χ0) is 22.4. The van der Waals surface area contributed by atoms with Gasteiger partial charge in [-0.2, -0.15) is 4.31 Å². The molecule has 0 spiro atoms. The van der Waals surface area contributed by atoms with E-state index in [1.165, 1.54) is 9.87 Å². The quantitative estimate of drug-likeness (QED) is 0.675. The van der Waals surface area contributed by atoms with Crippen molar-refractivity contribution in [3.05, 3.63) is 72.3 Å². The fraction of sp³-hybridized carbons (Fsp3) is 0.400. The van der Waals surface area contributed by atoms with Gasteiger partial charge in [0.2, 0.25) is 15.9 Å². The fourth-order valence-electron chi connectivity index (χ4n) is 4.41. The lowest BCUT2D eigenvalue weighted by Crippen LogP contribution is -2.53. The van der Waals surface area contributed by atoms with E-state index in [1.54, 1.807) is 30.3 Å². The molecule has 0 unspecified atom stereocenters. The highest BCUT2D eigenvalue weighted by molar-refractivity contribution is 7.89. The van der Waals surface area contributed by atoms with Gasteiger partial charge in [-0.05, 0) is 30.5 Å². The molecule has 2 heterocycles. The van der Waals surface area contributed by atoms with Crippen LogP contribution >= 0.6 is 0 Å². The SMILES string of the molecule is O=C([C@@H]1CCCN(S(=O)(=O)c2ccccc2)C1)N1CCN(C/C=C/c2ccccc2)CC1. The molecular formula is C25H31N3O3S. The number of nitrogens with zero attached hydrogens (tertiary/aromatic N) is 3. The molecule has 0 N–H and O–H groups in total. The van der Waals surface area contributed by atoms with Gasteiger partial charge in [-0.3, -0.25) is 9.69 Å². The maximum Gasteiger partial charge on any atom is 0.243 e. The van der Waals surface area contributed by atoms with Gasteiger partial charge in [0, 0.05) is 45.8 Å². The number of sulfonamides is 1. The molecule has 0 radical (unpaired) electrons. The first-order valence-corrected chi connectivity index (χ1v) is 12.8. The second-order valence-corrected chi connectivity index (χ2v) is 10.4. The Balaban J connectivity index is 1.29. The monoisotopic (exact) mass is 453 g/mol. The predicted molar refractivity (Wildman–Crippen MR) is 126 cm³/mol. The first-order valence-electron chi connectivity index (χ1n) is 11.3. The number of rotatable bonds is 6. The Morgan fingerprint density at radius 1 is 0.906 bits per heavy atom. The van der Waals surface area contributed by atoms with Crippen LogP contribution in [0.1, 0.15) is 18.4 Å². The van der Waals surface area contributed by atoms with Crippen LogP contribution < -0.4 is 0 Å². The first-order chi connectivity index (χ1) is 15.5. The molecule has 7 heteroatoms. The zero-order valence-corrected chi connectivity index (χ0v) is 19.2. The van der Waals surface area contributed by atoms with Crippen LogP contribution in [0.15, 0.2) is 71.6 Å². The average molecular weight is 454 g/mol. The molecule has 0 bridgehead atoms. The molecule has 32 heavy (non-hydrogen) atoms. The Bertz CT molecular complexity index is 1020. The summed E-state index contributed by atoms with van der Waals surface area (Å²) in [4.78, 5) is 17.7. The van der Waals surface area contributed by atoms with Crippen LogP contribution in [0, 0.1) is 5.92 Å². The highest BCUT2D eigenvalue weighted by atomic mass is 32.2. The van der Waals surface area contributed by atoms with Crippen LogP contribution in [0.5, 0.6) is 0 Å². The van der Waals surface area contributed by atoms with Crippen LogP contribution in [-0.2, 0) is 14.8 Å². The summed E-state index contributed by atoms with van der Waals surface area (Å²) in [6.45, 7) is 4.68. The third kappa shape index (κ3) is 5.46. The summed E-state index contributed by atoms with van der Waals surface area (Å²) < 4.78 is 27.4. The van der Waals surface area contributed by atoms with Crippen molar-refractivity contribution in [1.29, 1.82) is 0 Å². The smallest absolute Gasteiger partial charge is 0.243 e. The molecule has 170 valence electrons. The number of amides is 1. The summed E-state index contributed by atoms with van der Waals surface area (Å²) in [5, 5.41) is 0. The van der Waals surface area contributed by atoms with Crippen molar-refractivity contribution < 1.29 is 13.2 Å². The Morgan fingerprint density at radius 2 is 1.56 bits per heavy atom. The van der Waals surface area contributed by atoms with Crippen LogP contribution in [0.2, 0.25) is 0 Å². The van der Waals surface area contributed by atoms with E-state index in [0.29, 0.717) is 31.0 Å². The van der Waals surface area contributed by atoms with Crippen molar-refractivity contribution >= 4 is 22.0 Å². The van der Waals surface area contributed by atoms with Gasteiger partial charge in [0.25, 0.3) is 0 Å². The molecule has 1 amide bonds. The molecule has 0 aliphatic carbocycles. The van der Waals surface area contributed by atoms with Gasteiger partial charge in [0.05, 0.1) is 10.8 Å². The summed E-state index contributed by atoms with van der Waals surface area (Å²) in [6.07, 6.45) is 5.76. The van der Waals surface area contributed by atoms with Crippen molar-refractivity contribution in [2.45, 2.75) is 17.7 Å². The van der Waals surface area contributed by atoms with E-state index in [2.05, 4.69) is 29.2 Å². The maximum absolute atomic E-state index is 13.1. The first kappa shape index (κ1) is 22.7. The Kier molecular flexibility index (Phi) is 7.40. The molecule has 2 aliphatic heterocycles. The van der Waals surface area contributed by atoms with Crippen LogP contribution in [-0.4, -0.2) is 74.2 Å². The topological polar surface area (TPSA) is 60.9 Å². The third-order valence-corrected chi connectivity index (χ3v) is 8.15. The van der Waals surface area contributed by atoms with Crippen molar-refractivity contribution in [2.75, 3.05) is 45.8 Å². The number of piperazine rings is 1. The normalized spacial score (nSPS) is 21.1. The number of hydrogen-bond acceptors (Lipinski definition) is 4. The standard InChI is InChI=1S/C25H31N3O3S/c29-25(23-12-8-16-28(21-23)32(30,31)24-13-5-2-6-14-24)27-19-17-26(18-20-27)15-7-11-22-9-3-1-4-10-22/h1-7,9-11,13-14,23H,8,12,15-21H2/b11-7+/t23-/m1/s1. The number of piperidine rings is 1. The van der Waals surface area contributed by atoms with Crippen LogP contribution in [0.25, 0.3) is 6.08 Å². The van der Waals surface area contributed by atoms with E-state index in [9.17, 15) is 13.2 Å². The molecule has 0 aromatic heterocycles. The number of benzene rings is 2. The van der Waals surface area contributed by atoms with E-state index >= 15 is 0 Å². The lowest BCUT2D eigenvalue weighted by atomic mass is 9.98. The van der Waals surface area contributed by atoms with Gasteiger partial charge in [-0.1, -0.05) is 60.7 Å². The van der Waals surface area contributed by atoms with E-state index in [4.69, 9.17) is 0 Å². The third-order valence-electron chi connectivity index (χ3n) is 6.27. The van der Waals surface area contributed by atoms with Crippen molar-refractivity contribution in [3.63, 3.8) is 0 Å². The minimum absolute atomic E-state index is 0.0949. The number of carbonyl (C=O) groups is 1. The van der Waals surface area contributed by atoms with Gasteiger partial charge < -0.3 is 4.90 Å². The zero-order valence-electron chi connectivity index (χ0n) is 18.3. The Labute approximate surface area is 191 Å². The maximum atomic E-state index is 13.1. The lowest BCUT2D eigenvalue weighted by molar-refractivity contribution is -0.138. The van der Waals surface area contributed by atoms with Gasteiger partial charge in [0.1, 0.15) is 0 Å². The van der Waals surface area contributed by atoms with E-state index < -0.39 is 10.0 Å². The molecule has 0 saturated carbocycles. The Hall–Kier alpha value is -2.48. The number of hydrogen-bond donors (Lipinski definition) is 0. The Morgan fingerprint density at radius 3 is 2.25 bits per heavy atom. The second-order valence-electron chi connectivity index (χ2n) is 8.45. The van der Waals surface area contributed by atoms with Crippen LogP contribution in [0.4, 0.5) is 0 Å². The van der Waals surface area contributed by atoms with Crippen molar-refractivity contribution in [1.82, 2.24) is 14.1 Å². The average Bonchev–Trinajstić information content (AvgIpc) is 2.85. The summed E-state index contributed by atoms with van der Waals surface area (Å²) in [5.74, 6) is -0.163. The van der Waals surface area contributed by atoms with Crippen LogP contribution in [0.3, 0.4) is 0 Å². The second kappa shape index (κ2) is 10.4. The molecular weight excluding hydrogens is 422 g/mol. The molecule has 2 saturated heterocycles. The lowest BCUT2D eigenvalue weighted by Gasteiger charge is -2.38. The van der Waals surface area contributed by atoms with Gasteiger partial charge in [-0.15, -0.1) is 0 Å². The van der Waals surface area contributed by atoms with E-state index in [-0.39, 0.29) is 18.4 Å². The van der Waals surface area contributed by atoms with Gasteiger partial charge in [-0.25, -0.2) is 8.42 Å². The summed E-state index contributed by atoms with van der Waals surface area (Å²) in [6, 6.07) is 18.7. The van der Waals surface area contributed by atoms with Crippen molar-refractivity contribution in [2.24, 2.45) is 5.92 Å². The molecule has 1 atom stereocenters. The molecule has 2 aromatic carbocycles. The molecule has 6 nitrogen and oxygen atoms in total. The van der Waals surface area contributed by atoms with E-state index in [1.807, 2.05) is 23.1 Å². The molecule has 2 aromatic rings. The minimum Gasteiger partial charge on any atom is -0.340 e. The van der Waals surface area contributed by atoms with E-state index in [0.717, 1.165) is 26.1 Å². The largest absolute Gasteiger partial charge is 0.340 e. The minimum atomic E-state index is -3.55. The molecule has 2 aliphatic rings. The highest BCUT2D eigenvalue weighted by Gasteiger charge is 2.35. The van der Waals surface area contributed by atoms with Crippen molar-refractivity contribution in [3.8, 4) is 0 Å². The molecule has 4 rings (SSSR count). The summed E-state index contributed by atoms with van der Waals surface area (Å²) in [7, 11) is -3.55. The molecule has 2 fully saturated rings. The van der Waals surface area contributed by atoms with Gasteiger partial charge >= 0.3 is 0 Å². The summed E-state index contributed by atoms with van der Waals surface area (Å²) in [5.41, 5.74) is 1.19. The summed E-state index contributed by atoms with van der Waals surface area (Å²) >= 11 is 0. The van der Waals surface area contributed by atoms with Gasteiger partial charge in [0.15, 0.2) is 0 Å². The number of carbonyl (C=O) groups excluding carboxylic acids is 1. The fourth-order valence-corrected chi connectivity index (χ4v) is 5.96.